The maximum Gasteiger partial charge on any atom is 0.144 e. The summed E-state index contributed by atoms with van der Waals surface area (Å²) in [4.78, 5) is 0. The van der Waals surface area contributed by atoms with Gasteiger partial charge in [0, 0.05) is 22.9 Å². The maximum absolute atomic E-state index is 10.2. The molecule has 0 fully saturated rings. The van der Waals surface area contributed by atoms with Crippen LogP contribution in [-0.2, 0) is 0 Å². The normalized spacial score (nSPS) is 10.8. The van der Waals surface area contributed by atoms with E-state index in [4.69, 9.17) is 13.6 Å². The van der Waals surface area contributed by atoms with Gasteiger partial charge in [0.2, 0.25) is 0 Å². The summed E-state index contributed by atoms with van der Waals surface area (Å²) in [5, 5.41) is 21.0. The summed E-state index contributed by atoms with van der Waals surface area (Å²) in [7, 11) is 5.52. The van der Waals surface area contributed by atoms with Crippen molar-refractivity contribution in [1.82, 2.24) is 10.2 Å². The van der Waals surface area contributed by atoms with E-state index in [2.05, 4.69) is 29.4 Å². The lowest BCUT2D eigenvalue weighted by Crippen LogP contribution is -2.13. The van der Waals surface area contributed by atoms with Crippen molar-refractivity contribution in [2.75, 3.05) is 12.0 Å². The summed E-state index contributed by atoms with van der Waals surface area (Å²) in [6.45, 7) is 4.46. The van der Waals surface area contributed by atoms with Crippen LogP contribution in [0.4, 0.5) is 5.69 Å². The Morgan fingerprint density at radius 1 is 1.30 bits per heavy atom. The number of rotatable bonds is 4. The minimum Gasteiger partial charge on any atom is -0.507 e. The first-order valence-corrected chi connectivity index (χ1v) is 6.43. The number of aromatic hydroxyl groups is 1. The zero-order valence-corrected chi connectivity index (χ0v) is 11.6. The van der Waals surface area contributed by atoms with Crippen molar-refractivity contribution in [3.05, 3.63) is 29.8 Å². The Morgan fingerprint density at radius 2 is 2.05 bits per heavy atom. The van der Waals surface area contributed by atoms with Crippen LogP contribution in [0.25, 0.3) is 11.3 Å². The Kier molecular flexibility index (Phi) is 4.24. The average Bonchev–Trinajstić information content (AvgIpc) is 2.40. The van der Waals surface area contributed by atoms with Crippen LogP contribution in [0.2, 0.25) is 0 Å². The minimum atomic E-state index is 0.129. The van der Waals surface area contributed by atoms with Gasteiger partial charge in [0.1, 0.15) is 13.6 Å². The van der Waals surface area contributed by atoms with E-state index in [1.165, 1.54) is 0 Å². The smallest absolute Gasteiger partial charge is 0.144 e. The van der Waals surface area contributed by atoms with E-state index in [9.17, 15) is 5.11 Å². The summed E-state index contributed by atoms with van der Waals surface area (Å²) < 4.78 is 0. The van der Waals surface area contributed by atoms with Gasteiger partial charge in [-0.15, -0.1) is 0 Å². The molecule has 0 amide bonds. The molecular formula is C14H17BN4O. The van der Waals surface area contributed by atoms with E-state index in [0.29, 0.717) is 23.5 Å². The van der Waals surface area contributed by atoms with Crippen LogP contribution in [0.15, 0.2) is 24.3 Å². The molecule has 2 rings (SSSR count). The molecule has 0 bridgehead atoms. The molecule has 0 spiro atoms. The molecule has 0 atom stereocenters. The Labute approximate surface area is 119 Å². The van der Waals surface area contributed by atoms with Crippen molar-refractivity contribution < 1.29 is 5.11 Å². The molecule has 2 aromatic rings. The van der Waals surface area contributed by atoms with E-state index in [1.807, 2.05) is 6.07 Å². The number of phenols is 1. The van der Waals surface area contributed by atoms with Gasteiger partial charge >= 0.3 is 0 Å². The first-order chi connectivity index (χ1) is 9.52. The summed E-state index contributed by atoms with van der Waals surface area (Å²) in [6, 6.07) is 6.95. The van der Waals surface area contributed by atoms with Crippen molar-refractivity contribution in [3.63, 3.8) is 0 Å². The van der Waals surface area contributed by atoms with Gasteiger partial charge in [0.15, 0.2) is 0 Å². The minimum absolute atomic E-state index is 0.129. The van der Waals surface area contributed by atoms with Gasteiger partial charge < -0.3 is 16.2 Å². The molecule has 1 aromatic heterocycles. The second-order valence-corrected chi connectivity index (χ2v) is 4.84. The molecule has 0 saturated carbocycles. The van der Waals surface area contributed by atoms with Crippen molar-refractivity contribution in [3.8, 4) is 17.0 Å². The molecule has 4 N–H and O–H groups in total. The molecule has 1 heterocycles. The fourth-order valence-electron chi connectivity index (χ4n) is 2.04. The fourth-order valence-corrected chi connectivity index (χ4v) is 2.04. The van der Waals surface area contributed by atoms with E-state index in [1.54, 1.807) is 18.2 Å². The van der Waals surface area contributed by atoms with Gasteiger partial charge in [-0.1, -0.05) is 13.8 Å². The van der Waals surface area contributed by atoms with E-state index >= 15 is 0 Å². The summed E-state index contributed by atoms with van der Waals surface area (Å²) in [5.74, 6) is 0.412. The lowest BCUT2D eigenvalue weighted by Gasteiger charge is -2.16. The average molecular weight is 268 g/mol. The Bertz CT molecular complexity index is 599. The molecule has 0 unspecified atom stereocenters. The second kappa shape index (κ2) is 5.92. The highest BCUT2D eigenvalue weighted by atomic mass is 16.3. The van der Waals surface area contributed by atoms with Crippen molar-refractivity contribution in [2.24, 2.45) is 5.73 Å². The largest absolute Gasteiger partial charge is 0.507 e. The van der Waals surface area contributed by atoms with Crippen molar-refractivity contribution in [2.45, 2.75) is 19.8 Å². The number of hydrogen-bond acceptors (Lipinski definition) is 5. The predicted octanol–water partition coefficient (Wildman–Crippen LogP) is 1.09. The van der Waals surface area contributed by atoms with Crippen molar-refractivity contribution >= 4 is 19.1 Å². The van der Waals surface area contributed by atoms with Crippen LogP contribution < -0.4 is 16.6 Å². The van der Waals surface area contributed by atoms with Crippen molar-refractivity contribution in [1.29, 1.82) is 0 Å². The molecular weight excluding hydrogens is 251 g/mol. The first-order valence-electron chi connectivity index (χ1n) is 6.43. The predicted molar refractivity (Wildman–Crippen MR) is 81.3 cm³/mol. The van der Waals surface area contributed by atoms with Crippen LogP contribution in [0, 0.1) is 0 Å². The third kappa shape index (κ3) is 2.91. The van der Waals surface area contributed by atoms with Gasteiger partial charge in [-0.25, -0.2) is 0 Å². The highest BCUT2D eigenvalue weighted by Gasteiger charge is 2.14. The van der Waals surface area contributed by atoms with Crippen LogP contribution in [0.1, 0.15) is 25.3 Å². The van der Waals surface area contributed by atoms with Gasteiger partial charge in [-0.3, -0.25) is 0 Å². The standard InChI is InChI=1S/C14H17BN4O/c1-8(2)9-5-10(11-3-4-14(15)19-18-11)13(20)6-12(9)17-7-16/h3-6,8,17,20H,7,16H2,1-2H3. The Balaban J connectivity index is 2.54. The monoisotopic (exact) mass is 268 g/mol. The maximum atomic E-state index is 10.2. The number of nitrogens with two attached hydrogens (primary N) is 1. The SMILES string of the molecule is [B]c1ccc(-c2cc(C(C)C)c(NCN)cc2O)nn1. The number of benzene rings is 1. The first kappa shape index (κ1) is 14.3. The zero-order chi connectivity index (χ0) is 14.7. The number of nitrogens with one attached hydrogen (secondary N) is 1. The molecule has 5 nitrogen and oxygen atoms in total. The van der Waals surface area contributed by atoms with E-state index < -0.39 is 0 Å². The molecule has 20 heavy (non-hydrogen) atoms. The van der Waals surface area contributed by atoms with Gasteiger partial charge in [-0.05, 0) is 29.7 Å². The molecule has 0 aliphatic heterocycles. The topological polar surface area (TPSA) is 84.1 Å². The summed E-state index contributed by atoms with van der Waals surface area (Å²) in [6.07, 6.45) is 0. The molecule has 2 radical (unpaired) electrons. The molecule has 1 aromatic carbocycles. The number of phenolic OH excluding ortho intramolecular Hbond substituents is 1. The second-order valence-electron chi connectivity index (χ2n) is 4.84. The Morgan fingerprint density at radius 3 is 2.60 bits per heavy atom. The third-order valence-corrected chi connectivity index (χ3v) is 3.04. The van der Waals surface area contributed by atoms with E-state index in [-0.39, 0.29) is 11.7 Å². The van der Waals surface area contributed by atoms with Gasteiger partial charge in [0.25, 0.3) is 0 Å². The summed E-state index contributed by atoms with van der Waals surface area (Å²) in [5.41, 5.74) is 8.96. The lowest BCUT2D eigenvalue weighted by atomic mass is 9.96. The zero-order valence-electron chi connectivity index (χ0n) is 11.6. The molecule has 6 heteroatoms. The summed E-state index contributed by atoms with van der Waals surface area (Å²) >= 11 is 0. The van der Waals surface area contributed by atoms with Gasteiger partial charge in [0.05, 0.1) is 12.4 Å². The van der Waals surface area contributed by atoms with E-state index in [0.717, 1.165) is 11.3 Å². The third-order valence-electron chi connectivity index (χ3n) is 3.04. The van der Waals surface area contributed by atoms with Crippen LogP contribution in [-0.4, -0.2) is 29.8 Å². The van der Waals surface area contributed by atoms with Gasteiger partial charge in [-0.2, -0.15) is 10.2 Å². The fraction of sp³-hybridized carbons (Fsp3) is 0.286. The molecule has 0 aliphatic rings. The molecule has 102 valence electrons. The molecule has 0 aliphatic carbocycles. The number of hydrogen-bond donors (Lipinski definition) is 3. The number of aromatic nitrogens is 2. The van der Waals surface area contributed by atoms with Crippen LogP contribution >= 0.6 is 0 Å². The number of anilines is 1. The van der Waals surface area contributed by atoms with Crippen LogP contribution in [0.5, 0.6) is 5.75 Å². The highest BCUT2D eigenvalue weighted by Crippen LogP contribution is 2.36. The molecule has 0 saturated heterocycles. The number of nitrogens with zero attached hydrogens (tertiary/aromatic N) is 2. The van der Waals surface area contributed by atoms with Crippen LogP contribution in [0.3, 0.4) is 0 Å². The highest BCUT2D eigenvalue weighted by molar-refractivity contribution is 6.30. The lowest BCUT2D eigenvalue weighted by molar-refractivity contribution is 0.477. The quantitative estimate of drug-likeness (QED) is 0.571. The Hall–Kier alpha value is -2.08.